The van der Waals surface area contributed by atoms with E-state index in [1.165, 1.54) is 30.4 Å². The number of anilines is 1. The van der Waals surface area contributed by atoms with Crippen molar-refractivity contribution in [3.8, 4) is 0 Å². The van der Waals surface area contributed by atoms with Gasteiger partial charge in [0.1, 0.15) is 4.88 Å². The van der Waals surface area contributed by atoms with Gasteiger partial charge in [-0.1, -0.05) is 0 Å². The summed E-state index contributed by atoms with van der Waals surface area (Å²) in [5, 5.41) is 1.70. The second-order valence-corrected chi connectivity index (χ2v) is 3.44. The Balaban J connectivity index is 3.04. The number of thiophene rings is 1. The molecular formula is C8H10N2O3S. The molecule has 0 atom stereocenters. The second-order valence-electron chi connectivity index (χ2n) is 2.52. The first-order valence-electron chi connectivity index (χ1n) is 3.77. The third-order valence-corrected chi connectivity index (χ3v) is 2.59. The minimum atomic E-state index is -0.617. The van der Waals surface area contributed by atoms with Crippen LogP contribution in [0.15, 0.2) is 11.4 Å². The van der Waals surface area contributed by atoms with Gasteiger partial charge in [0.2, 0.25) is 0 Å². The molecule has 0 spiro atoms. The van der Waals surface area contributed by atoms with Gasteiger partial charge in [0, 0.05) is 7.05 Å². The maximum Gasteiger partial charge on any atom is 0.350 e. The summed E-state index contributed by atoms with van der Waals surface area (Å²) in [5.74, 6) is -0.469. The number of hydrogen-bond donors (Lipinski definition) is 1. The zero-order chi connectivity index (χ0) is 10.7. The standard InChI is InChI=1S/C8H10N2O3S/c1-10(8(9)12)5-3-4-14-6(5)7(11)13-2/h3-4H,1-2H3,(H2,9,12). The third kappa shape index (κ3) is 1.85. The first-order valence-corrected chi connectivity index (χ1v) is 4.65. The molecule has 14 heavy (non-hydrogen) atoms. The maximum atomic E-state index is 11.2. The van der Waals surface area contributed by atoms with E-state index in [4.69, 9.17) is 5.73 Å². The summed E-state index contributed by atoms with van der Waals surface area (Å²) in [4.78, 5) is 23.7. The molecule has 0 aliphatic heterocycles. The Kier molecular flexibility index (Phi) is 3.08. The van der Waals surface area contributed by atoms with Crippen molar-refractivity contribution in [1.82, 2.24) is 0 Å². The Labute approximate surface area is 85.1 Å². The number of rotatable bonds is 2. The molecule has 5 nitrogen and oxygen atoms in total. The van der Waals surface area contributed by atoms with Crippen molar-refractivity contribution in [2.45, 2.75) is 0 Å². The SMILES string of the molecule is COC(=O)c1sccc1N(C)C(N)=O. The molecule has 0 fully saturated rings. The molecule has 0 aromatic carbocycles. The van der Waals surface area contributed by atoms with Gasteiger partial charge < -0.3 is 10.5 Å². The lowest BCUT2D eigenvalue weighted by Gasteiger charge is -2.13. The van der Waals surface area contributed by atoms with Crippen molar-refractivity contribution in [2.24, 2.45) is 5.73 Å². The molecule has 76 valence electrons. The van der Waals surface area contributed by atoms with Crippen LogP contribution in [0.1, 0.15) is 9.67 Å². The molecule has 6 heteroatoms. The van der Waals surface area contributed by atoms with Crippen molar-refractivity contribution < 1.29 is 14.3 Å². The van der Waals surface area contributed by atoms with Gasteiger partial charge in [-0.25, -0.2) is 9.59 Å². The van der Waals surface area contributed by atoms with Crippen LogP contribution in [0, 0.1) is 0 Å². The Hall–Kier alpha value is -1.56. The largest absolute Gasteiger partial charge is 0.465 e. The lowest BCUT2D eigenvalue weighted by Crippen LogP contribution is -2.32. The topological polar surface area (TPSA) is 72.6 Å². The summed E-state index contributed by atoms with van der Waals surface area (Å²) in [7, 11) is 2.78. The van der Waals surface area contributed by atoms with Crippen LogP contribution in [0.3, 0.4) is 0 Å². The van der Waals surface area contributed by atoms with Crippen LogP contribution in [-0.4, -0.2) is 26.2 Å². The fourth-order valence-electron chi connectivity index (χ4n) is 0.931. The van der Waals surface area contributed by atoms with E-state index in [9.17, 15) is 9.59 Å². The summed E-state index contributed by atoms with van der Waals surface area (Å²) in [5.41, 5.74) is 5.54. The highest BCUT2D eigenvalue weighted by Gasteiger charge is 2.18. The molecule has 0 unspecified atom stereocenters. The van der Waals surface area contributed by atoms with Gasteiger partial charge in [0.05, 0.1) is 12.8 Å². The first-order chi connectivity index (χ1) is 6.57. The predicted octanol–water partition coefficient (Wildman–Crippen LogP) is 1.05. The average molecular weight is 214 g/mol. The number of nitrogens with two attached hydrogens (primary N) is 1. The van der Waals surface area contributed by atoms with Crippen LogP contribution in [0.25, 0.3) is 0 Å². The van der Waals surface area contributed by atoms with E-state index in [0.717, 1.165) is 0 Å². The number of carbonyl (C=O) groups excluding carboxylic acids is 2. The third-order valence-electron chi connectivity index (χ3n) is 1.71. The quantitative estimate of drug-likeness (QED) is 0.748. The second kappa shape index (κ2) is 4.10. The van der Waals surface area contributed by atoms with Crippen LogP contribution >= 0.6 is 11.3 Å². The van der Waals surface area contributed by atoms with Crippen LogP contribution in [-0.2, 0) is 4.74 Å². The van der Waals surface area contributed by atoms with Crippen LogP contribution in [0.2, 0.25) is 0 Å². The van der Waals surface area contributed by atoms with Gasteiger partial charge in [-0.3, -0.25) is 4.90 Å². The van der Waals surface area contributed by atoms with Crippen molar-refractivity contribution >= 4 is 29.0 Å². The Morgan fingerprint density at radius 3 is 2.71 bits per heavy atom. The van der Waals surface area contributed by atoms with Crippen molar-refractivity contribution in [3.05, 3.63) is 16.3 Å². The van der Waals surface area contributed by atoms with Crippen LogP contribution in [0.5, 0.6) is 0 Å². The zero-order valence-electron chi connectivity index (χ0n) is 7.81. The molecule has 1 heterocycles. The minimum Gasteiger partial charge on any atom is -0.465 e. The lowest BCUT2D eigenvalue weighted by atomic mass is 10.3. The van der Waals surface area contributed by atoms with E-state index in [2.05, 4.69) is 4.74 Å². The zero-order valence-corrected chi connectivity index (χ0v) is 8.63. The number of amides is 2. The molecule has 1 rings (SSSR count). The van der Waals surface area contributed by atoms with E-state index in [1.54, 1.807) is 11.4 Å². The Morgan fingerprint density at radius 2 is 2.21 bits per heavy atom. The molecular weight excluding hydrogens is 204 g/mol. The molecule has 1 aromatic rings. The van der Waals surface area contributed by atoms with Gasteiger partial charge in [-0.2, -0.15) is 0 Å². The molecule has 0 radical (unpaired) electrons. The summed E-state index contributed by atoms with van der Waals surface area (Å²) in [6.07, 6.45) is 0. The maximum absolute atomic E-state index is 11.2. The van der Waals surface area contributed by atoms with E-state index < -0.39 is 12.0 Å². The molecule has 2 N–H and O–H groups in total. The molecule has 2 amide bonds. The van der Waals surface area contributed by atoms with Crippen LogP contribution in [0.4, 0.5) is 10.5 Å². The van der Waals surface area contributed by atoms with Gasteiger partial charge in [-0.05, 0) is 11.4 Å². The Bertz CT molecular complexity index is 361. The van der Waals surface area contributed by atoms with Crippen molar-refractivity contribution in [3.63, 3.8) is 0 Å². The van der Waals surface area contributed by atoms with E-state index in [-0.39, 0.29) is 0 Å². The van der Waals surface area contributed by atoms with E-state index in [0.29, 0.717) is 10.6 Å². The monoisotopic (exact) mass is 214 g/mol. The normalized spacial score (nSPS) is 9.57. The summed E-state index contributed by atoms with van der Waals surface area (Å²) >= 11 is 1.20. The summed E-state index contributed by atoms with van der Waals surface area (Å²) in [6.45, 7) is 0. The molecule has 0 aliphatic rings. The number of carbonyl (C=O) groups is 2. The number of primary amides is 1. The van der Waals surface area contributed by atoms with E-state index >= 15 is 0 Å². The van der Waals surface area contributed by atoms with Gasteiger partial charge in [0.25, 0.3) is 0 Å². The fraction of sp³-hybridized carbons (Fsp3) is 0.250. The first kappa shape index (κ1) is 10.5. The highest BCUT2D eigenvalue weighted by atomic mass is 32.1. The molecule has 0 saturated heterocycles. The number of methoxy groups -OCH3 is 1. The smallest absolute Gasteiger partial charge is 0.350 e. The number of ether oxygens (including phenoxy) is 1. The van der Waals surface area contributed by atoms with Crippen LogP contribution < -0.4 is 10.6 Å². The number of urea groups is 1. The lowest BCUT2D eigenvalue weighted by molar-refractivity contribution is 0.0607. The van der Waals surface area contributed by atoms with Gasteiger partial charge >= 0.3 is 12.0 Å². The average Bonchev–Trinajstić information content (AvgIpc) is 2.63. The summed E-state index contributed by atoms with van der Waals surface area (Å²) < 4.78 is 4.56. The van der Waals surface area contributed by atoms with Crippen molar-refractivity contribution in [1.29, 1.82) is 0 Å². The summed E-state index contributed by atoms with van der Waals surface area (Å²) in [6, 6.07) is 1.02. The number of esters is 1. The van der Waals surface area contributed by atoms with E-state index in [1.807, 2.05) is 0 Å². The molecule has 0 saturated carbocycles. The molecule has 0 bridgehead atoms. The minimum absolute atomic E-state index is 0.369. The van der Waals surface area contributed by atoms with Gasteiger partial charge in [0.15, 0.2) is 0 Å². The highest BCUT2D eigenvalue weighted by Crippen LogP contribution is 2.25. The highest BCUT2D eigenvalue weighted by molar-refractivity contribution is 7.12. The number of nitrogens with zero attached hydrogens (tertiary/aromatic N) is 1. The van der Waals surface area contributed by atoms with Gasteiger partial charge in [-0.15, -0.1) is 11.3 Å². The Morgan fingerprint density at radius 1 is 1.57 bits per heavy atom. The molecule has 1 aromatic heterocycles. The fourth-order valence-corrected chi connectivity index (χ4v) is 1.77. The molecule has 0 aliphatic carbocycles. The van der Waals surface area contributed by atoms with Crippen molar-refractivity contribution in [2.75, 3.05) is 19.1 Å². The predicted molar refractivity (Wildman–Crippen MR) is 53.6 cm³/mol. The number of hydrogen-bond acceptors (Lipinski definition) is 4.